The van der Waals surface area contributed by atoms with Crippen molar-refractivity contribution in [3.8, 4) is 0 Å². The summed E-state index contributed by atoms with van der Waals surface area (Å²) >= 11 is 0. The van der Waals surface area contributed by atoms with Gasteiger partial charge in [-0.05, 0) is 31.1 Å². The summed E-state index contributed by atoms with van der Waals surface area (Å²) in [5, 5.41) is 3.23. The van der Waals surface area contributed by atoms with Gasteiger partial charge in [0.05, 0.1) is 12.7 Å². The SMILES string of the molecule is COC(=O)c1ccccc1CNCCCN. The zero-order valence-corrected chi connectivity index (χ0v) is 9.53. The number of nitrogens with one attached hydrogen (secondary N) is 1. The molecule has 1 aromatic rings. The van der Waals surface area contributed by atoms with Crippen LogP contribution in [0.25, 0.3) is 0 Å². The molecule has 1 rings (SSSR count). The van der Waals surface area contributed by atoms with Crippen molar-refractivity contribution in [3.05, 3.63) is 35.4 Å². The van der Waals surface area contributed by atoms with Crippen molar-refractivity contribution < 1.29 is 9.53 Å². The fourth-order valence-corrected chi connectivity index (χ4v) is 1.43. The molecule has 0 aliphatic heterocycles. The van der Waals surface area contributed by atoms with Crippen LogP contribution in [0.1, 0.15) is 22.3 Å². The molecule has 88 valence electrons. The summed E-state index contributed by atoms with van der Waals surface area (Å²) in [4.78, 5) is 11.5. The van der Waals surface area contributed by atoms with E-state index in [-0.39, 0.29) is 5.97 Å². The molecule has 0 heterocycles. The van der Waals surface area contributed by atoms with Gasteiger partial charge in [0.2, 0.25) is 0 Å². The van der Waals surface area contributed by atoms with Crippen LogP contribution < -0.4 is 11.1 Å². The van der Waals surface area contributed by atoms with E-state index in [2.05, 4.69) is 5.32 Å². The van der Waals surface area contributed by atoms with Gasteiger partial charge in [-0.2, -0.15) is 0 Å². The second-order valence-electron chi connectivity index (χ2n) is 3.47. The molecule has 4 nitrogen and oxygen atoms in total. The third-order valence-corrected chi connectivity index (χ3v) is 2.30. The highest BCUT2D eigenvalue weighted by Crippen LogP contribution is 2.09. The van der Waals surface area contributed by atoms with E-state index in [1.807, 2.05) is 18.2 Å². The van der Waals surface area contributed by atoms with Gasteiger partial charge in [0.15, 0.2) is 0 Å². The minimum Gasteiger partial charge on any atom is -0.465 e. The molecular formula is C12H18N2O2. The number of carbonyl (C=O) groups is 1. The second kappa shape index (κ2) is 6.98. The maximum absolute atomic E-state index is 11.5. The van der Waals surface area contributed by atoms with Crippen molar-refractivity contribution >= 4 is 5.97 Å². The molecule has 0 aliphatic rings. The molecule has 0 radical (unpaired) electrons. The van der Waals surface area contributed by atoms with Gasteiger partial charge in [0, 0.05) is 6.54 Å². The molecule has 3 N–H and O–H groups in total. The molecule has 0 fully saturated rings. The van der Waals surface area contributed by atoms with Crippen LogP contribution in [-0.2, 0) is 11.3 Å². The summed E-state index contributed by atoms with van der Waals surface area (Å²) in [5.74, 6) is -0.295. The van der Waals surface area contributed by atoms with E-state index in [4.69, 9.17) is 10.5 Å². The van der Waals surface area contributed by atoms with E-state index >= 15 is 0 Å². The van der Waals surface area contributed by atoms with Crippen molar-refractivity contribution in [2.75, 3.05) is 20.2 Å². The number of benzene rings is 1. The molecular weight excluding hydrogens is 204 g/mol. The smallest absolute Gasteiger partial charge is 0.338 e. The minimum atomic E-state index is -0.295. The monoisotopic (exact) mass is 222 g/mol. The topological polar surface area (TPSA) is 64.3 Å². The van der Waals surface area contributed by atoms with Crippen LogP contribution in [0.2, 0.25) is 0 Å². The molecule has 0 atom stereocenters. The van der Waals surface area contributed by atoms with Gasteiger partial charge in [0.1, 0.15) is 0 Å². The highest BCUT2D eigenvalue weighted by Gasteiger charge is 2.09. The van der Waals surface area contributed by atoms with Crippen LogP contribution >= 0.6 is 0 Å². The van der Waals surface area contributed by atoms with Crippen molar-refractivity contribution in [2.24, 2.45) is 5.73 Å². The van der Waals surface area contributed by atoms with Crippen molar-refractivity contribution in [1.82, 2.24) is 5.32 Å². The lowest BCUT2D eigenvalue weighted by Crippen LogP contribution is -2.19. The number of hydrogen-bond acceptors (Lipinski definition) is 4. The van der Waals surface area contributed by atoms with Crippen molar-refractivity contribution in [3.63, 3.8) is 0 Å². The van der Waals surface area contributed by atoms with Crippen LogP contribution in [0.4, 0.5) is 0 Å². The fourth-order valence-electron chi connectivity index (χ4n) is 1.43. The fraction of sp³-hybridized carbons (Fsp3) is 0.417. The number of methoxy groups -OCH3 is 1. The van der Waals surface area contributed by atoms with E-state index in [1.54, 1.807) is 6.07 Å². The lowest BCUT2D eigenvalue weighted by atomic mass is 10.1. The third kappa shape index (κ3) is 3.64. The summed E-state index contributed by atoms with van der Waals surface area (Å²) in [5.41, 5.74) is 6.96. The largest absolute Gasteiger partial charge is 0.465 e. The predicted molar refractivity (Wildman–Crippen MR) is 63.2 cm³/mol. The lowest BCUT2D eigenvalue weighted by Gasteiger charge is -2.08. The molecule has 0 amide bonds. The first kappa shape index (κ1) is 12.7. The molecule has 0 saturated heterocycles. The zero-order chi connectivity index (χ0) is 11.8. The van der Waals surface area contributed by atoms with Gasteiger partial charge in [-0.1, -0.05) is 18.2 Å². The Morgan fingerprint density at radius 3 is 2.88 bits per heavy atom. The number of esters is 1. The number of rotatable bonds is 6. The minimum absolute atomic E-state index is 0.295. The van der Waals surface area contributed by atoms with Crippen LogP contribution in [-0.4, -0.2) is 26.2 Å². The number of ether oxygens (including phenoxy) is 1. The Morgan fingerprint density at radius 1 is 1.44 bits per heavy atom. The number of carbonyl (C=O) groups excluding carboxylic acids is 1. The van der Waals surface area contributed by atoms with Crippen molar-refractivity contribution in [1.29, 1.82) is 0 Å². The van der Waals surface area contributed by atoms with Crippen molar-refractivity contribution in [2.45, 2.75) is 13.0 Å². The van der Waals surface area contributed by atoms with Gasteiger partial charge < -0.3 is 15.8 Å². The molecule has 4 heteroatoms. The Labute approximate surface area is 95.8 Å². The van der Waals surface area contributed by atoms with E-state index in [9.17, 15) is 4.79 Å². The zero-order valence-electron chi connectivity index (χ0n) is 9.53. The summed E-state index contributed by atoms with van der Waals surface area (Å²) in [6.07, 6.45) is 0.931. The molecule has 0 spiro atoms. The standard InChI is InChI=1S/C12H18N2O2/c1-16-12(15)11-6-3-2-5-10(11)9-14-8-4-7-13/h2-3,5-6,14H,4,7-9,13H2,1H3. The Bertz CT molecular complexity index is 340. The van der Waals surface area contributed by atoms with Gasteiger partial charge >= 0.3 is 5.97 Å². The van der Waals surface area contributed by atoms with Gasteiger partial charge in [0.25, 0.3) is 0 Å². The number of nitrogens with two attached hydrogens (primary N) is 1. The average molecular weight is 222 g/mol. The van der Waals surface area contributed by atoms with Gasteiger partial charge in [-0.3, -0.25) is 0 Å². The first-order valence-electron chi connectivity index (χ1n) is 5.36. The average Bonchev–Trinajstić information content (AvgIpc) is 2.34. The lowest BCUT2D eigenvalue weighted by molar-refractivity contribution is 0.0599. The van der Waals surface area contributed by atoms with E-state index in [1.165, 1.54) is 7.11 Å². The normalized spacial score (nSPS) is 10.1. The quantitative estimate of drug-likeness (QED) is 0.554. The molecule has 0 saturated carbocycles. The second-order valence-corrected chi connectivity index (χ2v) is 3.47. The van der Waals surface area contributed by atoms with Crippen LogP contribution in [0.3, 0.4) is 0 Å². The molecule has 0 aliphatic carbocycles. The van der Waals surface area contributed by atoms with Crippen LogP contribution in [0.5, 0.6) is 0 Å². The summed E-state index contributed by atoms with van der Waals surface area (Å²) in [6, 6.07) is 7.43. The number of hydrogen-bond donors (Lipinski definition) is 2. The molecule has 0 bridgehead atoms. The Morgan fingerprint density at radius 2 is 2.19 bits per heavy atom. The highest BCUT2D eigenvalue weighted by molar-refractivity contribution is 5.90. The van der Waals surface area contributed by atoms with Crippen LogP contribution in [0, 0.1) is 0 Å². The van der Waals surface area contributed by atoms with Gasteiger partial charge in [-0.15, -0.1) is 0 Å². The maximum atomic E-state index is 11.5. The Balaban J connectivity index is 2.60. The third-order valence-electron chi connectivity index (χ3n) is 2.30. The summed E-state index contributed by atoms with van der Waals surface area (Å²) in [7, 11) is 1.39. The molecule has 0 aromatic heterocycles. The van der Waals surface area contributed by atoms with E-state index < -0.39 is 0 Å². The predicted octanol–water partition coefficient (Wildman–Crippen LogP) is 0.912. The first-order valence-corrected chi connectivity index (χ1v) is 5.36. The highest BCUT2D eigenvalue weighted by atomic mass is 16.5. The maximum Gasteiger partial charge on any atom is 0.338 e. The summed E-state index contributed by atoms with van der Waals surface area (Å²) < 4.78 is 4.72. The first-order chi connectivity index (χ1) is 7.79. The van der Waals surface area contributed by atoms with E-state index in [0.717, 1.165) is 18.5 Å². The molecule has 16 heavy (non-hydrogen) atoms. The van der Waals surface area contributed by atoms with E-state index in [0.29, 0.717) is 18.7 Å². The Hall–Kier alpha value is -1.39. The molecule has 0 unspecified atom stereocenters. The van der Waals surface area contributed by atoms with Crippen LogP contribution in [0.15, 0.2) is 24.3 Å². The molecule has 1 aromatic carbocycles. The Kier molecular flexibility index (Phi) is 5.53. The van der Waals surface area contributed by atoms with Gasteiger partial charge in [-0.25, -0.2) is 4.79 Å². The summed E-state index contributed by atoms with van der Waals surface area (Å²) in [6.45, 7) is 2.18.